The van der Waals surface area contributed by atoms with Crippen LogP contribution < -0.4 is 10.6 Å². The maximum atomic E-state index is 11.4. The van der Waals surface area contributed by atoms with E-state index >= 15 is 0 Å². The summed E-state index contributed by atoms with van der Waals surface area (Å²) < 4.78 is 0. The van der Waals surface area contributed by atoms with Crippen molar-refractivity contribution in [3.8, 4) is 0 Å². The van der Waals surface area contributed by atoms with Crippen molar-refractivity contribution in [2.45, 2.75) is 46.6 Å². The SMILES string of the molecule is CCC(CC)N(CC(C)C)c1ncc(N)cc1C(=O)O. The van der Waals surface area contributed by atoms with Crippen LogP contribution in [0.3, 0.4) is 0 Å². The number of carboxylic acid groups (broad SMARTS) is 1. The van der Waals surface area contributed by atoms with Crippen molar-refractivity contribution in [2.24, 2.45) is 5.92 Å². The van der Waals surface area contributed by atoms with Crippen LogP contribution in [0.25, 0.3) is 0 Å². The molecule has 0 unspecified atom stereocenters. The second-order valence-electron chi connectivity index (χ2n) is 5.46. The van der Waals surface area contributed by atoms with E-state index in [0.29, 0.717) is 17.4 Å². The van der Waals surface area contributed by atoms with Gasteiger partial charge in [-0.3, -0.25) is 0 Å². The lowest BCUT2D eigenvalue weighted by Crippen LogP contribution is -2.39. The first kappa shape index (κ1) is 16.3. The van der Waals surface area contributed by atoms with Gasteiger partial charge in [-0.25, -0.2) is 9.78 Å². The number of carbonyl (C=O) groups is 1. The average Bonchev–Trinajstić information content (AvgIpc) is 2.38. The normalized spacial score (nSPS) is 11.1. The number of anilines is 2. The Morgan fingerprint density at radius 2 is 2.00 bits per heavy atom. The molecular weight excluding hydrogens is 254 g/mol. The molecule has 0 fully saturated rings. The first-order valence-corrected chi connectivity index (χ1v) is 7.16. The minimum absolute atomic E-state index is 0.178. The van der Waals surface area contributed by atoms with Gasteiger partial charge in [-0.15, -0.1) is 0 Å². The second-order valence-corrected chi connectivity index (χ2v) is 5.46. The number of nitrogens with two attached hydrogens (primary N) is 1. The molecule has 0 bridgehead atoms. The third-order valence-electron chi connectivity index (χ3n) is 3.34. The molecule has 0 saturated carbocycles. The molecule has 1 aromatic heterocycles. The second kappa shape index (κ2) is 7.12. The molecule has 0 spiro atoms. The van der Waals surface area contributed by atoms with E-state index in [-0.39, 0.29) is 11.6 Å². The maximum absolute atomic E-state index is 11.4. The van der Waals surface area contributed by atoms with Crippen molar-refractivity contribution in [3.63, 3.8) is 0 Å². The monoisotopic (exact) mass is 279 g/mol. The number of nitrogens with zero attached hydrogens (tertiary/aromatic N) is 2. The third-order valence-corrected chi connectivity index (χ3v) is 3.34. The van der Waals surface area contributed by atoms with Crippen molar-refractivity contribution >= 4 is 17.5 Å². The Morgan fingerprint density at radius 1 is 1.40 bits per heavy atom. The van der Waals surface area contributed by atoms with E-state index in [2.05, 4.69) is 37.6 Å². The predicted molar refractivity (Wildman–Crippen MR) is 82.2 cm³/mol. The third kappa shape index (κ3) is 3.85. The summed E-state index contributed by atoms with van der Waals surface area (Å²) in [5.74, 6) is -0.0368. The number of aromatic carboxylic acids is 1. The molecular formula is C15H25N3O2. The molecule has 0 aromatic carbocycles. The Morgan fingerprint density at radius 3 is 2.45 bits per heavy atom. The van der Waals surface area contributed by atoms with E-state index in [1.165, 1.54) is 12.3 Å². The van der Waals surface area contributed by atoms with Crippen LogP contribution in [-0.4, -0.2) is 28.6 Å². The Bertz CT molecular complexity index is 456. The van der Waals surface area contributed by atoms with Gasteiger partial charge in [0.2, 0.25) is 0 Å². The number of rotatable bonds is 7. The molecule has 5 heteroatoms. The average molecular weight is 279 g/mol. The lowest BCUT2D eigenvalue weighted by atomic mass is 10.1. The molecule has 1 aromatic rings. The number of hydrogen-bond donors (Lipinski definition) is 2. The smallest absolute Gasteiger partial charge is 0.339 e. The lowest BCUT2D eigenvalue weighted by molar-refractivity contribution is 0.0697. The van der Waals surface area contributed by atoms with Crippen LogP contribution in [0, 0.1) is 5.92 Å². The van der Waals surface area contributed by atoms with Crippen molar-refractivity contribution < 1.29 is 9.90 Å². The van der Waals surface area contributed by atoms with Crippen LogP contribution in [0.1, 0.15) is 50.9 Å². The Balaban J connectivity index is 3.28. The van der Waals surface area contributed by atoms with Crippen LogP contribution in [0.2, 0.25) is 0 Å². The lowest BCUT2D eigenvalue weighted by Gasteiger charge is -2.34. The molecule has 0 amide bonds. The molecule has 3 N–H and O–H groups in total. The topological polar surface area (TPSA) is 79.5 Å². The van der Waals surface area contributed by atoms with Gasteiger partial charge >= 0.3 is 5.97 Å². The van der Waals surface area contributed by atoms with Gasteiger partial charge < -0.3 is 15.7 Å². The first-order chi connectivity index (χ1) is 9.40. The molecule has 0 aliphatic rings. The maximum Gasteiger partial charge on any atom is 0.339 e. The molecule has 112 valence electrons. The summed E-state index contributed by atoms with van der Waals surface area (Å²) in [5.41, 5.74) is 6.22. The summed E-state index contributed by atoms with van der Waals surface area (Å²) in [6.45, 7) is 9.24. The summed E-state index contributed by atoms with van der Waals surface area (Å²) >= 11 is 0. The molecule has 0 radical (unpaired) electrons. The fraction of sp³-hybridized carbons (Fsp3) is 0.600. The van der Waals surface area contributed by atoms with Crippen molar-refractivity contribution in [3.05, 3.63) is 17.8 Å². The first-order valence-electron chi connectivity index (χ1n) is 7.16. The zero-order valence-electron chi connectivity index (χ0n) is 12.8. The van der Waals surface area contributed by atoms with Gasteiger partial charge in [0.25, 0.3) is 0 Å². The molecule has 0 aliphatic heterocycles. The Labute approximate surface area is 120 Å². The fourth-order valence-electron chi connectivity index (χ4n) is 2.39. The highest BCUT2D eigenvalue weighted by Crippen LogP contribution is 2.25. The minimum atomic E-state index is -0.987. The quantitative estimate of drug-likeness (QED) is 0.802. The highest BCUT2D eigenvalue weighted by Gasteiger charge is 2.23. The van der Waals surface area contributed by atoms with Gasteiger partial charge in [-0.2, -0.15) is 0 Å². The van der Waals surface area contributed by atoms with Crippen LogP contribution >= 0.6 is 0 Å². The summed E-state index contributed by atoms with van der Waals surface area (Å²) in [4.78, 5) is 17.8. The molecule has 20 heavy (non-hydrogen) atoms. The van der Waals surface area contributed by atoms with Gasteiger partial charge in [0.05, 0.1) is 11.9 Å². The number of carboxylic acids is 1. The van der Waals surface area contributed by atoms with E-state index in [1.54, 1.807) is 0 Å². The van der Waals surface area contributed by atoms with Gasteiger partial charge in [0.15, 0.2) is 0 Å². The molecule has 0 aliphatic carbocycles. The standard InChI is InChI=1S/C15H25N3O2/c1-5-12(6-2)18(9-10(3)4)14-13(15(19)20)7-11(16)8-17-14/h7-8,10,12H,5-6,9,16H2,1-4H3,(H,19,20). The van der Waals surface area contributed by atoms with Gasteiger partial charge in [-0.05, 0) is 24.8 Å². The van der Waals surface area contributed by atoms with E-state index in [9.17, 15) is 9.90 Å². The minimum Gasteiger partial charge on any atom is -0.478 e. The van der Waals surface area contributed by atoms with E-state index < -0.39 is 5.97 Å². The number of pyridine rings is 1. The predicted octanol–water partition coefficient (Wildman–Crippen LogP) is 3.01. The Kier molecular flexibility index (Phi) is 5.80. The van der Waals surface area contributed by atoms with Gasteiger partial charge in [-0.1, -0.05) is 27.7 Å². The summed E-state index contributed by atoms with van der Waals surface area (Å²) in [6.07, 6.45) is 3.43. The van der Waals surface area contributed by atoms with E-state index in [4.69, 9.17) is 5.73 Å². The van der Waals surface area contributed by atoms with Crippen molar-refractivity contribution in [2.75, 3.05) is 17.2 Å². The number of aromatic nitrogens is 1. The van der Waals surface area contributed by atoms with Gasteiger partial charge in [0.1, 0.15) is 11.4 Å². The highest BCUT2D eigenvalue weighted by molar-refractivity contribution is 5.94. The molecule has 0 saturated heterocycles. The molecule has 1 heterocycles. The summed E-state index contributed by atoms with van der Waals surface area (Å²) in [5, 5.41) is 9.38. The summed E-state index contributed by atoms with van der Waals surface area (Å²) in [7, 11) is 0. The molecule has 0 atom stereocenters. The number of hydrogen-bond acceptors (Lipinski definition) is 4. The van der Waals surface area contributed by atoms with Crippen LogP contribution in [0.4, 0.5) is 11.5 Å². The molecule has 5 nitrogen and oxygen atoms in total. The van der Waals surface area contributed by atoms with Crippen LogP contribution in [-0.2, 0) is 0 Å². The molecule has 1 rings (SSSR count). The Hall–Kier alpha value is -1.78. The van der Waals surface area contributed by atoms with Crippen LogP contribution in [0.15, 0.2) is 12.3 Å². The van der Waals surface area contributed by atoms with Crippen LogP contribution in [0.5, 0.6) is 0 Å². The largest absolute Gasteiger partial charge is 0.478 e. The zero-order chi connectivity index (χ0) is 15.3. The highest BCUT2D eigenvalue weighted by atomic mass is 16.4. The van der Waals surface area contributed by atoms with E-state index in [1.807, 2.05) is 0 Å². The zero-order valence-corrected chi connectivity index (χ0v) is 12.8. The summed E-state index contributed by atoms with van der Waals surface area (Å²) in [6, 6.07) is 1.77. The van der Waals surface area contributed by atoms with Crippen molar-refractivity contribution in [1.29, 1.82) is 0 Å². The number of nitrogen functional groups attached to an aromatic ring is 1. The van der Waals surface area contributed by atoms with Gasteiger partial charge in [0, 0.05) is 12.6 Å². The fourth-order valence-corrected chi connectivity index (χ4v) is 2.39. The van der Waals surface area contributed by atoms with Crippen molar-refractivity contribution in [1.82, 2.24) is 4.98 Å². The van der Waals surface area contributed by atoms with E-state index in [0.717, 1.165) is 19.4 Å².